The molecule has 0 radical (unpaired) electrons. The summed E-state index contributed by atoms with van der Waals surface area (Å²) in [6.07, 6.45) is 13.8. The summed E-state index contributed by atoms with van der Waals surface area (Å²) < 4.78 is 0. The SMILES string of the molecule is CCC[C@@H]1CCC[C@H]2CCCC[C@H]21. The van der Waals surface area contributed by atoms with E-state index in [0.717, 1.165) is 17.8 Å². The molecular formula is C13H24. The van der Waals surface area contributed by atoms with Gasteiger partial charge in [-0.1, -0.05) is 58.3 Å². The number of rotatable bonds is 2. The van der Waals surface area contributed by atoms with Crippen LogP contribution in [-0.2, 0) is 0 Å². The van der Waals surface area contributed by atoms with E-state index in [-0.39, 0.29) is 0 Å². The van der Waals surface area contributed by atoms with Gasteiger partial charge in [-0.05, 0) is 24.2 Å². The summed E-state index contributed by atoms with van der Waals surface area (Å²) in [4.78, 5) is 0. The molecule has 2 aliphatic carbocycles. The zero-order chi connectivity index (χ0) is 9.10. The zero-order valence-corrected chi connectivity index (χ0v) is 9.10. The normalized spacial score (nSPS) is 39.9. The topological polar surface area (TPSA) is 0 Å². The van der Waals surface area contributed by atoms with Gasteiger partial charge in [-0.25, -0.2) is 0 Å². The largest absolute Gasteiger partial charge is 0.0654 e. The third-order valence-electron chi connectivity index (χ3n) is 4.38. The zero-order valence-electron chi connectivity index (χ0n) is 9.10. The molecule has 0 aromatic rings. The van der Waals surface area contributed by atoms with Crippen molar-refractivity contribution in [1.82, 2.24) is 0 Å². The van der Waals surface area contributed by atoms with Crippen LogP contribution in [0.4, 0.5) is 0 Å². The average molecular weight is 180 g/mol. The van der Waals surface area contributed by atoms with Crippen LogP contribution < -0.4 is 0 Å². The molecule has 2 rings (SSSR count). The highest BCUT2D eigenvalue weighted by Gasteiger charge is 2.33. The monoisotopic (exact) mass is 180 g/mol. The van der Waals surface area contributed by atoms with E-state index in [4.69, 9.17) is 0 Å². The molecule has 0 heterocycles. The summed E-state index contributed by atoms with van der Waals surface area (Å²) in [5, 5.41) is 0. The van der Waals surface area contributed by atoms with Crippen molar-refractivity contribution in [2.24, 2.45) is 17.8 Å². The first-order valence-corrected chi connectivity index (χ1v) is 6.42. The number of fused-ring (bicyclic) bond motifs is 1. The van der Waals surface area contributed by atoms with E-state index in [1.807, 2.05) is 0 Å². The Hall–Kier alpha value is 0. The van der Waals surface area contributed by atoms with Crippen LogP contribution in [0.15, 0.2) is 0 Å². The van der Waals surface area contributed by atoms with Crippen LogP contribution in [0, 0.1) is 17.8 Å². The molecule has 0 nitrogen and oxygen atoms in total. The van der Waals surface area contributed by atoms with E-state index in [0.29, 0.717) is 0 Å². The van der Waals surface area contributed by atoms with E-state index < -0.39 is 0 Å². The lowest BCUT2D eigenvalue weighted by molar-refractivity contribution is 0.0975. The van der Waals surface area contributed by atoms with Gasteiger partial charge in [0.15, 0.2) is 0 Å². The lowest BCUT2D eigenvalue weighted by Gasteiger charge is -2.41. The molecule has 0 N–H and O–H groups in total. The third-order valence-corrected chi connectivity index (χ3v) is 4.38. The maximum absolute atomic E-state index is 2.35. The van der Waals surface area contributed by atoms with Crippen molar-refractivity contribution >= 4 is 0 Å². The van der Waals surface area contributed by atoms with Crippen LogP contribution in [0.3, 0.4) is 0 Å². The number of hydrogen-bond donors (Lipinski definition) is 0. The molecule has 2 fully saturated rings. The lowest BCUT2D eigenvalue weighted by Crippen LogP contribution is -2.30. The molecule has 0 unspecified atom stereocenters. The maximum Gasteiger partial charge on any atom is -0.0357 e. The van der Waals surface area contributed by atoms with E-state index in [2.05, 4.69) is 6.92 Å². The van der Waals surface area contributed by atoms with Crippen molar-refractivity contribution in [1.29, 1.82) is 0 Å². The van der Waals surface area contributed by atoms with Gasteiger partial charge in [0.2, 0.25) is 0 Å². The van der Waals surface area contributed by atoms with Gasteiger partial charge in [-0.2, -0.15) is 0 Å². The summed E-state index contributed by atoms with van der Waals surface area (Å²) in [5.41, 5.74) is 0. The van der Waals surface area contributed by atoms with Crippen molar-refractivity contribution in [2.75, 3.05) is 0 Å². The fourth-order valence-electron chi connectivity index (χ4n) is 3.80. The van der Waals surface area contributed by atoms with Crippen molar-refractivity contribution < 1.29 is 0 Å². The standard InChI is InChI=1S/C13H24/c1-2-6-11-8-5-9-12-7-3-4-10-13(11)12/h11-13H,2-10H2,1H3/t11-,12-,13+/m1/s1. The Labute approximate surface area is 83.1 Å². The molecule has 0 heteroatoms. The Kier molecular flexibility index (Phi) is 3.29. The second-order valence-electron chi connectivity index (χ2n) is 5.19. The molecule has 0 aromatic carbocycles. The summed E-state index contributed by atoms with van der Waals surface area (Å²) in [5.74, 6) is 3.39. The molecule has 0 aliphatic heterocycles. The van der Waals surface area contributed by atoms with Crippen molar-refractivity contribution in [3.05, 3.63) is 0 Å². The smallest absolute Gasteiger partial charge is 0.0357 e. The van der Waals surface area contributed by atoms with Gasteiger partial charge >= 0.3 is 0 Å². The Bertz CT molecular complexity index is 146. The van der Waals surface area contributed by atoms with E-state index in [1.165, 1.54) is 32.1 Å². The average Bonchev–Trinajstić information content (AvgIpc) is 2.19. The van der Waals surface area contributed by atoms with Crippen molar-refractivity contribution in [2.45, 2.75) is 64.7 Å². The second-order valence-corrected chi connectivity index (χ2v) is 5.19. The van der Waals surface area contributed by atoms with Crippen LogP contribution in [0.5, 0.6) is 0 Å². The number of hydrogen-bond acceptors (Lipinski definition) is 0. The van der Waals surface area contributed by atoms with E-state index >= 15 is 0 Å². The fourth-order valence-corrected chi connectivity index (χ4v) is 3.80. The highest BCUT2D eigenvalue weighted by atomic mass is 14.4. The van der Waals surface area contributed by atoms with Gasteiger partial charge in [0.05, 0.1) is 0 Å². The van der Waals surface area contributed by atoms with Gasteiger partial charge in [-0.15, -0.1) is 0 Å². The van der Waals surface area contributed by atoms with Crippen molar-refractivity contribution in [3.63, 3.8) is 0 Å². The molecule has 0 amide bonds. The maximum atomic E-state index is 2.35. The summed E-state index contributed by atoms with van der Waals surface area (Å²) in [6, 6.07) is 0. The Morgan fingerprint density at radius 2 is 1.69 bits per heavy atom. The van der Waals surface area contributed by atoms with Crippen LogP contribution in [-0.4, -0.2) is 0 Å². The third kappa shape index (κ3) is 2.08. The van der Waals surface area contributed by atoms with Gasteiger partial charge < -0.3 is 0 Å². The molecule has 0 bridgehead atoms. The highest BCUT2D eigenvalue weighted by molar-refractivity contribution is 4.84. The lowest BCUT2D eigenvalue weighted by atomic mass is 9.64. The minimum absolute atomic E-state index is 1.11. The summed E-state index contributed by atoms with van der Waals surface area (Å²) in [7, 11) is 0. The molecule has 3 atom stereocenters. The van der Waals surface area contributed by atoms with Crippen molar-refractivity contribution in [3.8, 4) is 0 Å². The Balaban J connectivity index is 1.94. The molecule has 76 valence electrons. The molecular weight excluding hydrogens is 156 g/mol. The first kappa shape index (κ1) is 9.55. The molecule has 0 spiro atoms. The van der Waals surface area contributed by atoms with Crippen LogP contribution in [0.25, 0.3) is 0 Å². The van der Waals surface area contributed by atoms with Gasteiger partial charge in [0.25, 0.3) is 0 Å². The van der Waals surface area contributed by atoms with E-state index in [1.54, 1.807) is 25.7 Å². The Morgan fingerprint density at radius 1 is 0.923 bits per heavy atom. The Morgan fingerprint density at radius 3 is 2.54 bits per heavy atom. The van der Waals surface area contributed by atoms with Gasteiger partial charge in [-0.3, -0.25) is 0 Å². The molecule has 2 saturated carbocycles. The summed E-state index contributed by atoms with van der Waals surface area (Å²) in [6.45, 7) is 2.35. The van der Waals surface area contributed by atoms with Crippen LogP contribution in [0.1, 0.15) is 64.7 Å². The van der Waals surface area contributed by atoms with Crippen LogP contribution >= 0.6 is 0 Å². The predicted octanol–water partition coefficient (Wildman–Crippen LogP) is 4.39. The fraction of sp³-hybridized carbons (Fsp3) is 1.00. The van der Waals surface area contributed by atoms with E-state index in [9.17, 15) is 0 Å². The summed E-state index contributed by atoms with van der Waals surface area (Å²) >= 11 is 0. The molecule has 2 aliphatic rings. The van der Waals surface area contributed by atoms with Gasteiger partial charge in [0, 0.05) is 0 Å². The van der Waals surface area contributed by atoms with Crippen LogP contribution in [0.2, 0.25) is 0 Å². The minimum atomic E-state index is 1.11. The second kappa shape index (κ2) is 4.48. The first-order chi connectivity index (χ1) is 6.42. The predicted molar refractivity (Wildman–Crippen MR) is 57.7 cm³/mol. The highest BCUT2D eigenvalue weighted by Crippen LogP contribution is 2.45. The molecule has 0 saturated heterocycles. The minimum Gasteiger partial charge on any atom is -0.0654 e. The molecule has 13 heavy (non-hydrogen) atoms. The van der Waals surface area contributed by atoms with Gasteiger partial charge in [0.1, 0.15) is 0 Å². The molecule has 0 aromatic heterocycles. The first-order valence-electron chi connectivity index (χ1n) is 6.42. The quantitative estimate of drug-likeness (QED) is 0.591.